The molecule has 0 spiro atoms. The summed E-state index contributed by atoms with van der Waals surface area (Å²) in [5.41, 5.74) is 0. The quantitative estimate of drug-likeness (QED) is 0.661. The Bertz CT molecular complexity index is 156. The van der Waals surface area contributed by atoms with Crippen molar-refractivity contribution in [1.82, 2.24) is 0 Å². The third-order valence-corrected chi connectivity index (χ3v) is 13.0. The molecule has 0 aromatic rings. The topological polar surface area (TPSA) is 18.5 Å². The van der Waals surface area contributed by atoms with E-state index >= 15 is 0 Å². The molecule has 0 heterocycles. The first kappa shape index (κ1) is 15.8. The molecule has 0 saturated heterocycles. The minimum absolute atomic E-state index is 0.411. The molecule has 0 amide bonds. The molecule has 91 valence electrons. The van der Waals surface area contributed by atoms with Gasteiger partial charge in [0.15, 0.2) is 36.2 Å². The van der Waals surface area contributed by atoms with Crippen LogP contribution in [0.5, 0.6) is 0 Å². The van der Waals surface area contributed by atoms with Crippen LogP contribution in [-0.4, -0.2) is 36.2 Å². The average Bonchev–Trinajstić information content (AvgIpc) is 2.00. The van der Waals surface area contributed by atoms with Crippen molar-refractivity contribution in [3.8, 4) is 0 Å². The summed E-state index contributed by atoms with van der Waals surface area (Å²) >= 11 is 0. The minimum Gasteiger partial charge on any atom is -0.460 e. The van der Waals surface area contributed by atoms with E-state index in [2.05, 4.69) is 46.2 Å². The van der Waals surface area contributed by atoms with Crippen molar-refractivity contribution in [3.63, 3.8) is 0 Å². The maximum Gasteiger partial charge on any atom is 0.169 e. The van der Waals surface area contributed by atoms with Gasteiger partial charge in [0, 0.05) is 0 Å². The Morgan fingerprint density at radius 1 is 0.867 bits per heavy atom. The van der Waals surface area contributed by atoms with Gasteiger partial charge in [0.2, 0.25) is 0 Å². The minimum atomic E-state index is -1.29. The van der Waals surface area contributed by atoms with Gasteiger partial charge in [-0.2, -0.15) is 0 Å². The van der Waals surface area contributed by atoms with E-state index in [-0.39, 0.29) is 0 Å². The highest BCUT2D eigenvalue weighted by atomic mass is 28.4. The lowest BCUT2D eigenvalue weighted by molar-refractivity contribution is 0.580. The van der Waals surface area contributed by atoms with Gasteiger partial charge in [-0.15, -0.1) is 0 Å². The highest BCUT2D eigenvalue weighted by Gasteiger charge is 2.21. The summed E-state index contributed by atoms with van der Waals surface area (Å²) < 4.78 is 12.1. The molecule has 0 bridgehead atoms. The molecule has 0 aliphatic heterocycles. The van der Waals surface area contributed by atoms with Crippen LogP contribution in [0.15, 0.2) is 0 Å². The lowest BCUT2D eigenvalue weighted by atomic mass is 10.6. The van der Waals surface area contributed by atoms with Crippen molar-refractivity contribution in [2.45, 2.75) is 52.6 Å². The molecule has 0 rings (SSSR count). The standard InChI is InChI=1S/C9H27O2Si4/c1-8-9(12-10-14(2,3)4)13-11-15(5,6)7/h8,12-13H2,1-7H3. The molecular weight excluding hydrogens is 252 g/mol. The van der Waals surface area contributed by atoms with Crippen LogP contribution < -0.4 is 0 Å². The van der Waals surface area contributed by atoms with Crippen LogP contribution in [0.1, 0.15) is 13.3 Å². The fourth-order valence-electron chi connectivity index (χ4n) is 0.883. The van der Waals surface area contributed by atoms with E-state index in [1.165, 1.54) is 6.42 Å². The second-order valence-electron chi connectivity index (χ2n) is 5.91. The molecular formula is C9H27O2Si4. The Morgan fingerprint density at radius 3 is 1.40 bits per heavy atom. The molecule has 0 aliphatic carbocycles. The second-order valence-corrected chi connectivity index (χ2v) is 20.2. The van der Waals surface area contributed by atoms with Gasteiger partial charge in [0.25, 0.3) is 0 Å². The van der Waals surface area contributed by atoms with Crippen LogP contribution in [0.2, 0.25) is 39.3 Å². The summed E-state index contributed by atoms with van der Waals surface area (Å²) in [5.74, 6) is 0. The van der Waals surface area contributed by atoms with Gasteiger partial charge < -0.3 is 8.23 Å². The van der Waals surface area contributed by atoms with Crippen molar-refractivity contribution < 1.29 is 8.23 Å². The van der Waals surface area contributed by atoms with Crippen LogP contribution in [-0.2, 0) is 8.23 Å². The lowest BCUT2D eigenvalue weighted by Gasteiger charge is -2.24. The van der Waals surface area contributed by atoms with Crippen LogP contribution in [0, 0.1) is 5.16 Å². The third kappa shape index (κ3) is 11.1. The first-order valence-electron chi connectivity index (χ1n) is 5.75. The van der Waals surface area contributed by atoms with Crippen molar-refractivity contribution in [2.75, 3.05) is 0 Å². The fraction of sp³-hybridized carbons (Fsp3) is 0.889. The SMILES string of the molecule is CC[C]([SiH2]O[Si](C)(C)C)[SiH2]O[Si](C)(C)C. The van der Waals surface area contributed by atoms with Gasteiger partial charge in [-0.1, -0.05) is 13.3 Å². The van der Waals surface area contributed by atoms with E-state index in [0.717, 1.165) is 0 Å². The van der Waals surface area contributed by atoms with Crippen molar-refractivity contribution in [1.29, 1.82) is 0 Å². The summed E-state index contributed by atoms with van der Waals surface area (Å²) in [6.07, 6.45) is 1.19. The van der Waals surface area contributed by atoms with E-state index in [0.29, 0.717) is 0 Å². The number of rotatable bonds is 7. The summed E-state index contributed by atoms with van der Waals surface area (Å²) in [7, 11) is -3.41. The Hall–Kier alpha value is 0.788. The fourth-order valence-corrected chi connectivity index (χ4v) is 8.56. The third-order valence-electron chi connectivity index (χ3n) is 1.92. The molecule has 0 atom stereocenters. The number of hydrogen-bond acceptors (Lipinski definition) is 2. The van der Waals surface area contributed by atoms with Gasteiger partial charge in [-0.25, -0.2) is 0 Å². The van der Waals surface area contributed by atoms with E-state index in [9.17, 15) is 0 Å². The zero-order valence-electron chi connectivity index (χ0n) is 11.4. The molecule has 0 aromatic carbocycles. The van der Waals surface area contributed by atoms with Crippen LogP contribution in [0.25, 0.3) is 0 Å². The zero-order chi connectivity index (χ0) is 12.1. The molecule has 0 aliphatic rings. The van der Waals surface area contributed by atoms with Crippen molar-refractivity contribution >= 4 is 36.2 Å². The zero-order valence-corrected chi connectivity index (χ0v) is 16.3. The van der Waals surface area contributed by atoms with E-state index < -0.39 is 36.2 Å². The molecule has 0 aromatic heterocycles. The van der Waals surface area contributed by atoms with Gasteiger partial charge >= 0.3 is 0 Å². The highest BCUT2D eigenvalue weighted by Crippen LogP contribution is 2.11. The van der Waals surface area contributed by atoms with Crippen LogP contribution >= 0.6 is 0 Å². The number of hydrogen-bond donors (Lipinski definition) is 0. The Balaban J connectivity index is 3.84. The summed E-state index contributed by atoms with van der Waals surface area (Å²) in [6.45, 7) is 15.9. The largest absolute Gasteiger partial charge is 0.460 e. The normalized spacial score (nSPS) is 15.2. The Labute approximate surface area is 102 Å². The lowest BCUT2D eigenvalue weighted by Crippen LogP contribution is -2.35. The molecule has 0 fully saturated rings. The molecule has 1 radical (unpaired) electrons. The van der Waals surface area contributed by atoms with Gasteiger partial charge in [0.05, 0.1) is 0 Å². The summed E-state index contributed by atoms with van der Waals surface area (Å²) in [6, 6.07) is 0. The average molecular weight is 280 g/mol. The first-order chi connectivity index (χ1) is 6.64. The molecule has 0 N–H and O–H groups in total. The molecule has 2 nitrogen and oxygen atoms in total. The Kier molecular flexibility index (Phi) is 6.85. The van der Waals surface area contributed by atoms with Gasteiger partial charge in [0.1, 0.15) is 0 Å². The predicted octanol–water partition coefficient (Wildman–Crippen LogP) is 1.76. The van der Waals surface area contributed by atoms with E-state index in [1.54, 1.807) is 5.16 Å². The molecule has 0 saturated carbocycles. The first-order valence-corrected chi connectivity index (χ1v) is 15.1. The van der Waals surface area contributed by atoms with Crippen molar-refractivity contribution in [2.24, 2.45) is 0 Å². The summed E-state index contributed by atoms with van der Waals surface area (Å²) in [4.78, 5) is 0. The smallest absolute Gasteiger partial charge is 0.169 e. The summed E-state index contributed by atoms with van der Waals surface area (Å²) in [5, 5.41) is 1.67. The van der Waals surface area contributed by atoms with Crippen molar-refractivity contribution in [3.05, 3.63) is 5.16 Å². The monoisotopic (exact) mass is 279 g/mol. The van der Waals surface area contributed by atoms with Crippen LogP contribution in [0.3, 0.4) is 0 Å². The van der Waals surface area contributed by atoms with Gasteiger partial charge in [-0.3, -0.25) is 0 Å². The van der Waals surface area contributed by atoms with Crippen LogP contribution in [0.4, 0.5) is 0 Å². The molecule has 15 heavy (non-hydrogen) atoms. The maximum absolute atomic E-state index is 6.06. The molecule has 6 heteroatoms. The Morgan fingerprint density at radius 2 is 1.20 bits per heavy atom. The van der Waals surface area contributed by atoms with E-state index in [1.807, 2.05) is 0 Å². The molecule has 0 unspecified atom stereocenters. The van der Waals surface area contributed by atoms with E-state index in [4.69, 9.17) is 8.23 Å². The second kappa shape index (κ2) is 6.51. The van der Waals surface area contributed by atoms with Gasteiger partial charge in [-0.05, 0) is 44.4 Å². The predicted molar refractivity (Wildman–Crippen MR) is 79.5 cm³/mol. The maximum atomic E-state index is 6.06. The highest BCUT2D eigenvalue weighted by molar-refractivity contribution is 6.79.